The molecule has 0 aliphatic carbocycles. The van der Waals surface area contributed by atoms with Gasteiger partial charge in [-0.3, -0.25) is 0 Å². The van der Waals surface area contributed by atoms with Crippen LogP contribution in [0.25, 0.3) is 0 Å². The molecule has 0 amide bonds. The number of halogens is 2. The minimum Gasteiger partial charge on any atom is -0.456 e. The van der Waals surface area contributed by atoms with Crippen LogP contribution in [0.5, 0.6) is 11.5 Å². The number of rotatable bonds is 3. The second-order valence-electron chi connectivity index (χ2n) is 4.35. The van der Waals surface area contributed by atoms with Crippen molar-refractivity contribution in [3.05, 3.63) is 57.8 Å². The zero-order chi connectivity index (χ0) is 14.0. The maximum Gasteiger partial charge on any atom is 0.141 e. The van der Waals surface area contributed by atoms with Gasteiger partial charge in [-0.15, -0.1) is 0 Å². The summed E-state index contributed by atoms with van der Waals surface area (Å²) >= 11 is 3.39. The predicted molar refractivity (Wildman–Crippen MR) is 76.0 cm³/mol. The molecule has 2 rings (SSSR count). The van der Waals surface area contributed by atoms with Gasteiger partial charge in [0.25, 0.3) is 0 Å². The third-order valence-corrected chi connectivity index (χ3v) is 3.45. The first-order chi connectivity index (χ1) is 8.99. The largest absolute Gasteiger partial charge is 0.456 e. The second-order valence-corrected chi connectivity index (χ2v) is 5.20. The number of hydrogen-bond acceptors (Lipinski definition) is 2. The first-order valence-electron chi connectivity index (χ1n) is 5.89. The lowest BCUT2D eigenvalue weighted by Crippen LogP contribution is -1.99. The van der Waals surface area contributed by atoms with Crippen LogP contribution >= 0.6 is 15.9 Å². The van der Waals surface area contributed by atoms with Crippen LogP contribution in [0.1, 0.15) is 24.2 Å². The van der Waals surface area contributed by atoms with Crippen molar-refractivity contribution in [2.45, 2.75) is 20.0 Å². The second kappa shape index (κ2) is 5.72. The molecule has 0 spiro atoms. The Kier molecular flexibility index (Phi) is 4.22. The number of aliphatic hydroxyl groups is 1. The highest BCUT2D eigenvalue weighted by atomic mass is 79.9. The summed E-state index contributed by atoms with van der Waals surface area (Å²) in [6.07, 6.45) is -0.799. The highest BCUT2D eigenvalue weighted by Crippen LogP contribution is 2.34. The summed E-state index contributed by atoms with van der Waals surface area (Å²) in [6.45, 7) is 3.24. The quantitative estimate of drug-likeness (QED) is 0.883. The van der Waals surface area contributed by atoms with Gasteiger partial charge in [0.2, 0.25) is 0 Å². The van der Waals surface area contributed by atoms with Crippen LogP contribution in [-0.2, 0) is 0 Å². The topological polar surface area (TPSA) is 29.5 Å². The number of benzene rings is 2. The van der Waals surface area contributed by atoms with Crippen LogP contribution in [0, 0.1) is 12.7 Å². The summed E-state index contributed by atoms with van der Waals surface area (Å²) in [7, 11) is 0. The number of aryl methyl sites for hydroxylation is 1. The van der Waals surface area contributed by atoms with Crippen molar-refractivity contribution in [1.29, 1.82) is 0 Å². The van der Waals surface area contributed by atoms with E-state index in [-0.39, 0.29) is 5.82 Å². The van der Waals surface area contributed by atoms with Crippen LogP contribution in [0.2, 0.25) is 0 Å². The van der Waals surface area contributed by atoms with Crippen molar-refractivity contribution in [3.8, 4) is 11.5 Å². The van der Waals surface area contributed by atoms with E-state index in [0.29, 0.717) is 22.6 Å². The molecule has 1 atom stereocenters. The highest BCUT2D eigenvalue weighted by Gasteiger charge is 2.14. The monoisotopic (exact) mass is 324 g/mol. The molecular weight excluding hydrogens is 311 g/mol. The maximum atomic E-state index is 13.6. The van der Waals surface area contributed by atoms with E-state index in [0.717, 1.165) is 4.47 Å². The lowest BCUT2D eigenvalue weighted by molar-refractivity contribution is 0.195. The Labute approximate surface area is 120 Å². The van der Waals surface area contributed by atoms with Crippen LogP contribution in [0.3, 0.4) is 0 Å². The molecule has 100 valence electrons. The molecule has 0 bridgehead atoms. The average molecular weight is 325 g/mol. The van der Waals surface area contributed by atoms with E-state index < -0.39 is 6.10 Å². The molecule has 2 aromatic carbocycles. The smallest absolute Gasteiger partial charge is 0.141 e. The summed E-state index contributed by atoms with van der Waals surface area (Å²) in [5.74, 6) is 0.728. The summed E-state index contributed by atoms with van der Waals surface area (Å²) in [4.78, 5) is 0. The zero-order valence-corrected chi connectivity index (χ0v) is 12.2. The van der Waals surface area contributed by atoms with Gasteiger partial charge in [0, 0.05) is 5.56 Å². The van der Waals surface area contributed by atoms with Gasteiger partial charge in [-0.1, -0.05) is 12.1 Å². The van der Waals surface area contributed by atoms with Crippen LogP contribution in [0.4, 0.5) is 4.39 Å². The molecule has 4 heteroatoms. The predicted octanol–water partition coefficient (Wildman–Crippen LogP) is 4.74. The lowest BCUT2D eigenvalue weighted by Gasteiger charge is -2.15. The fourth-order valence-corrected chi connectivity index (χ4v) is 2.10. The van der Waals surface area contributed by atoms with E-state index in [9.17, 15) is 9.50 Å². The van der Waals surface area contributed by atoms with E-state index in [1.54, 1.807) is 26.0 Å². The summed E-state index contributed by atoms with van der Waals surface area (Å²) in [5.41, 5.74) is 0.908. The Morgan fingerprint density at radius 2 is 1.89 bits per heavy atom. The van der Waals surface area contributed by atoms with Crippen molar-refractivity contribution in [2.24, 2.45) is 0 Å². The molecule has 0 aromatic heterocycles. The van der Waals surface area contributed by atoms with Crippen molar-refractivity contribution in [3.63, 3.8) is 0 Å². The third-order valence-electron chi connectivity index (χ3n) is 2.80. The molecule has 0 aliphatic heterocycles. The summed E-state index contributed by atoms with van der Waals surface area (Å²) in [6, 6.07) is 10.3. The third kappa shape index (κ3) is 3.14. The molecule has 2 aromatic rings. The van der Waals surface area contributed by atoms with E-state index in [2.05, 4.69) is 15.9 Å². The summed E-state index contributed by atoms with van der Waals surface area (Å²) < 4.78 is 20.1. The van der Waals surface area contributed by atoms with Gasteiger partial charge in [-0.2, -0.15) is 0 Å². The molecule has 0 saturated heterocycles. The molecular formula is C15H14BrFO2. The molecule has 0 radical (unpaired) electrons. The Hall–Kier alpha value is -1.39. The Balaban J connectivity index is 2.45. The van der Waals surface area contributed by atoms with Gasteiger partial charge in [0.05, 0.1) is 10.6 Å². The molecule has 0 fully saturated rings. The van der Waals surface area contributed by atoms with Gasteiger partial charge in [-0.25, -0.2) is 4.39 Å². The molecule has 19 heavy (non-hydrogen) atoms. The van der Waals surface area contributed by atoms with Crippen LogP contribution in [0.15, 0.2) is 40.9 Å². The minimum atomic E-state index is -0.799. The standard InChI is InChI=1S/C15H14BrFO2/c1-9-7-15(11(10(2)18)8-13(9)17)19-14-6-4-3-5-12(14)16/h3-8,10,18H,1-2H3/t10-/m0/s1. The molecule has 0 aliphatic rings. The van der Waals surface area contributed by atoms with E-state index in [1.165, 1.54) is 6.07 Å². The van der Waals surface area contributed by atoms with E-state index in [4.69, 9.17) is 4.74 Å². The van der Waals surface area contributed by atoms with E-state index >= 15 is 0 Å². The average Bonchev–Trinajstić information content (AvgIpc) is 2.36. The molecule has 1 N–H and O–H groups in total. The van der Waals surface area contributed by atoms with Crippen molar-refractivity contribution < 1.29 is 14.2 Å². The van der Waals surface area contributed by atoms with Gasteiger partial charge in [0.1, 0.15) is 17.3 Å². The molecule has 0 unspecified atom stereocenters. The Bertz CT molecular complexity index is 597. The van der Waals surface area contributed by atoms with Gasteiger partial charge < -0.3 is 9.84 Å². The Morgan fingerprint density at radius 1 is 1.21 bits per heavy atom. The van der Waals surface area contributed by atoms with Gasteiger partial charge >= 0.3 is 0 Å². The zero-order valence-electron chi connectivity index (χ0n) is 10.7. The Morgan fingerprint density at radius 3 is 2.53 bits per heavy atom. The first kappa shape index (κ1) is 14.0. The first-order valence-corrected chi connectivity index (χ1v) is 6.69. The van der Waals surface area contributed by atoms with Crippen LogP contribution in [-0.4, -0.2) is 5.11 Å². The fraction of sp³-hybridized carbons (Fsp3) is 0.200. The van der Waals surface area contributed by atoms with Crippen molar-refractivity contribution in [1.82, 2.24) is 0 Å². The molecule has 0 saturated carbocycles. The van der Waals surface area contributed by atoms with Gasteiger partial charge in [0.15, 0.2) is 0 Å². The van der Waals surface area contributed by atoms with E-state index in [1.807, 2.05) is 18.2 Å². The number of aliphatic hydroxyl groups excluding tert-OH is 1. The normalized spacial score (nSPS) is 12.3. The van der Waals surface area contributed by atoms with Crippen molar-refractivity contribution >= 4 is 15.9 Å². The lowest BCUT2D eigenvalue weighted by atomic mass is 10.1. The van der Waals surface area contributed by atoms with Gasteiger partial charge in [-0.05, 0) is 59.6 Å². The maximum absolute atomic E-state index is 13.6. The molecule has 2 nitrogen and oxygen atoms in total. The fourth-order valence-electron chi connectivity index (χ4n) is 1.73. The SMILES string of the molecule is Cc1cc(Oc2ccccc2Br)c([C@H](C)O)cc1F. The number of hydrogen-bond donors (Lipinski definition) is 1. The number of para-hydroxylation sites is 1. The summed E-state index contributed by atoms with van der Waals surface area (Å²) in [5, 5.41) is 9.71. The minimum absolute atomic E-state index is 0.352. The number of ether oxygens (including phenoxy) is 1. The highest BCUT2D eigenvalue weighted by molar-refractivity contribution is 9.10. The van der Waals surface area contributed by atoms with Crippen LogP contribution < -0.4 is 4.74 Å². The van der Waals surface area contributed by atoms with Crippen molar-refractivity contribution in [2.75, 3.05) is 0 Å². The molecule has 0 heterocycles.